The van der Waals surface area contributed by atoms with Gasteiger partial charge >= 0.3 is 0 Å². The van der Waals surface area contributed by atoms with Crippen molar-refractivity contribution in [2.75, 3.05) is 13.1 Å². The van der Waals surface area contributed by atoms with Gasteiger partial charge in [-0.3, -0.25) is 4.79 Å². The van der Waals surface area contributed by atoms with E-state index in [1.165, 1.54) is 0 Å². The highest BCUT2D eigenvalue weighted by Crippen LogP contribution is 2.13. The quantitative estimate of drug-likeness (QED) is 0.865. The molecule has 3 N–H and O–H groups in total. The number of halogens is 2. The van der Waals surface area contributed by atoms with Crippen molar-refractivity contribution in [1.82, 2.24) is 5.32 Å². The molecular weight excluding hydrogens is 259 g/mol. The van der Waals surface area contributed by atoms with Crippen molar-refractivity contribution < 1.29 is 9.21 Å². The summed E-state index contributed by atoms with van der Waals surface area (Å²) in [7, 11) is 0. The normalized spacial score (nSPS) is 9.08. The van der Waals surface area contributed by atoms with E-state index in [1.54, 1.807) is 12.1 Å². The van der Waals surface area contributed by atoms with Gasteiger partial charge < -0.3 is 15.5 Å². The lowest BCUT2D eigenvalue weighted by molar-refractivity contribution is 0.0926. The second kappa shape index (κ2) is 6.01. The predicted octanol–water partition coefficient (Wildman–Crippen LogP) is 1.15. The average molecular weight is 270 g/mol. The molecule has 0 atom stereocenters. The summed E-state index contributed by atoms with van der Waals surface area (Å²) in [6, 6.07) is 3.26. The van der Waals surface area contributed by atoms with Crippen molar-refractivity contribution in [2.45, 2.75) is 0 Å². The van der Waals surface area contributed by atoms with Gasteiger partial charge in [-0.2, -0.15) is 0 Å². The first-order valence-electron chi connectivity index (χ1n) is 3.47. The minimum Gasteiger partial charge on any atom is -0.444 e. The second-order valence-electron chi connectivity index (χ2n) is 2.15. The van der Waals surface area contributed by atoms with E-state index in [2.05, 4.69) is 21.2 Å². The minimum absolute atomic E-state index is 0. The molecular formula is C7H10BrClN2O2. The minimum atomic E-state index is -0.244. The van der Waals surface area contributed by atoms with Crippen molar-refractivity contribution in [3.63, 3.8) is 0 Å². The maximum absolute atomic E-state index is 11.1. The van der Waals surface area contributed by atoms with Gasteiger partial charge in [0.15, 0.2) is 10.4 Å². The molecule has 0 unspecified atom stereocenters. The van der Waals surface area contributed by atoms with Crippen molar-refractivity contribution in [2.24, 2.45) is 5.73 Å². The van der Waals surface area contributed by atoms with Crippen LogP contribution in [-0.2, 0) is 0 Å². The maximum Gasteiger partial charge on any atom is 0.287 e. The van der Waals surface area contributed by atoms with Gasteiger partial charge in [-0.15, -0.1) is 12.4 Å². The van der Waals surface area contributed by atoms with Crippen LogP contribution in [0, 0.1) is 0 Å². The second-order valence-corrected chi connectivity index (χ2v) is 2.93. The maximum atomic E-state index is 11.1. The van der Waals surface area contributed by atoms with Crippen molar-refractivity contribution in [3.8, 4) is 0 Å². The van der Waals surface area contributed by atoms with Crippen LogP contribution < -0.4 is 11.1 Å². The first-order chi connectivity index (χ1) is 5.74. The zero-order chi connectivity index (χ0) is 8.97. The van der Waals surface area contributed by atoms with Crippen molar-refractivity contribution >= 4 is 34.2 Å². The molecule has 0 fully saturated rings. The molecule has 13 heavy (non-hydrogen) atoms. The number of furan rings is 1. The molecule has 4 nitrogen and oxygen atoms in total. The van der Waals surface area contributed by atoms with Crippen LogP contribution in [0.4, 0.5) is 0 Å². The molecule has 0 aromatic carbocycles. The fourth-order valence-corrected chi connectivity index (χ4v) is 1.02. The number of nitrogens with two attached hydrogens (primary N) is 1. The number of carbonyl (C=O) groups excluding carboxylic acids is 1. The summed E-state index contributed by atoms with van der Waals surface area (Å²) in [5, 5.41) is 2.58. The van der Waals surface area contributed by atoms with Crippen LogP contribution >= 0.6 is 28.3 Å². The molecule has 0 saturated heterocycles. The monoisotopic (exact) mass is 268 g/mol. The zero-order valence-corrected chi connectivity index (χ0v) is 9.15. The van der Waals surface area contributed by atoms with Crippen LogP contribution in [0.1, 0.15) is 10.6 Å². The Balaban J connectivity index is 0.00000144. The highest BCUT2D eigenvalue weighted by atomic mass is 79.9. The zero-order valence-electron chi connectivity index (χ0n) is 6.75. The summed E-state index contributed by atoms with van der Waals surface area (Å²) in [5.41, 5.74) is 5.21. The Labute approximate surface area is 90.4 Å². The molecule has 74 valence electrons. The van der Waals surface area contributed by atoms with Crippen LogP contribution in [0.3, 0.4) is 0 Å². The Morgan fingerprint density at radius 2 is 2.31 bits per heavy atom. The number of hydrogen-bond acceptors (Lipinski definition) is 3. The number of nitrogens with one attached hydrogen (secondary N) is 1. The Morgan fingerprint density at radius 1 is 1.62 bits per heavy atom. The number of carbonyl (C=O) groups is 1. The molecule has 1 aromatic rings. The standard InChI is InChI=1S/C7H9BrN2O2.ClH/c8-6-2-1-5(12-6)7(11)10-4-3-9;/h1-2H,3-4,9H2,(H,10,11);1H. The first kappa shape index (κ1) is 12.5. The summed E-state index contributed by atoms with van der Waals surface area (Å²) in [5.74, 6) is 0.0430. The fraction of sp³-hybridized carbons (Fsp3) is 0.286. The van der Waals surface area contributed by atoms with E-state index in [0.29, 0.717) is 17.8 Å². The molecule has 6 heteroatoms. The topological polar surface area (TPSA) is 68.3 Å². The van der Waals surface area contributed by atoms with Crippen LogP contribution in [0.5, 0.6) is 0 Å². The number of amides is 1. The third-order valence-corrected chi connectivity index (χ3v) is 1.65. The lowest BCUT2D eigenvalue weighted by Gasteiger charge is -1.98. The van der Waals surface area contributed by atoms with Crippen LogP contribution in [0.2, 0.25) is 0 Å². The molecule has 0 saturated carbocycles. The van der Waals surface area contributed by atoms with E-state index in [-0.39, 0.29) is 24.1 Å². The summed E-state index contributed by atoms with van der Waals surface area (Å²) < 4.78 is 5.55. The number of hydrogen-bond donors (Lipinski definition) is 2. The largest absolute Gasteiger partial charge is 0.444 e. The fourth-order valence-electron chi connectivity index (χ4n) is 0.709. The van der Waals surface area contributed by atoms with E-state index in [0.717, 1.165) is 0 Å². The van der Waals surface area contributed by atoms with Gasteiger partial charge in [-0.05, 0) is 28.1 Å². The molecule has 0 bridgehead atoms. The van der Waals surface area contributed by atoms with Gasteiger partial charge in [0.1, 0.15) is 0 Å². The van der Waals surface area contributed by atoms with Gasteiger partial charge in [-0.25, -0.2) is 0 Å². The Kier molecular flexibility index (Phi) is 5.77. The highest BCUT2D eigenvalue weighted by molar-refractivity contribution is 9.10. The average Bonchev–Trinajstić information content (AvgIpc) is 2.47. The van der Waals surface area contributed by atoms with Crippen molar-refractivity contribution in [1.29, 1.82) is 0 Å². The summed E-state index contributed by atoms with van der Waals surface area (Å²) in [6.07, 6.45) is 0. The molecule has 1 rings (SSSR count). The Morgan fingerprint density at radius 3 is 2.77 bits per heavy atom. The van der Waals surface area contributed by atoms with E-state index in [9.17, 15) is 4.79 Å². The summed E-state index contributed by atoms with van der Waals surface area (Å²) in [4.78, 5) is 11.1. The van der Waals surface area contributed by atoms with E-state index >= 15 is 0 Å². The lowest BCUT2D eigenvalue weighted by Crippen LogP contribution is -2.28. The molecule has 0 spiro atoms. The SMILES string of the molecule is Cl.NCCNC(=O)c1ccc(Br)o1. The van der Waals surface area contributed by atoms with Crippen molar-refractivity contribution in [3.05, 3.63) is 22.6 Å². The lowest BCUT2D eigenvalue weighted by atomic mass is 10.4. The van der Waals surface area contributed by atoms with Gasteiger partial charge in [0, 0.05) is 13.1 Å². The van der Waals surface area contributed by atoms with Gasteiger partial charge in [0.25, 0.3) is 5.91 Å². The number of rotatable bonds is 3. The molecule has 1 amide bonds. The third-order valence-electron chi connectivity index (χ3n) is 1.23. The van der Waals surface area contributed by atoms with Gasteiger partial charge in [-0.1, -0.05) is 0 Å². The van der Waals surface area contributed by atoms with Crippen LogP contribution in [0.25, 0.3) is 0 Å². The molecule has 0 radical (unpaired) electrons. The highest BCUT2D eigenvalue weighted by Gasteiger charge is 2.08. The van der Waals surface area contributed by atoms with Gasteiger partial charge in [0.2, 0.25) is 0 Å². The first-order valence-corrected chi connectivity index (χ1v) is 4.27. The van der Waals surface area contributed by atoms with Crippen LogP contribution in [-0.4, -0.2) is 19.0 Å². The molecule has 1 aromatic heterocycles. The molecule has 1 heterocycles. The Bertz CT molecular complexity index is 277. The summed E-state index contributed by atoms with van der Waals surface area (Å²) in [6.45, 7) is 0.880. The molecule has 0 aliphatic rings. The van der Waals surface area contributed by atoms with E-state index in [1.807, 2.05) is 0 Å². The van der Waals surface area contributed by atoms with E-state index < -0.39 is 0 Å². The van der Waals surface area contributed by atoms with E-state index in [4.69, 9.17) is 10.2 Å². The molecule has 0 aliphatic heterocycles. The smallest absolute Gasteiger partial charge is 0.287 e. The van der Waals surface area contributed by atoms with Crippen LogP contribution in [0.15, 0.2) is 21.2 Å². The summed E-state index contributed by atoms with van der Waals surface area (Å²) >= 11 is 3.10. The Hall–Kier alpha value is -0.520. The third kappa shape index (κ3) is 3.80. The predicted molar refractivity (Wildman–Crippen MR) is 55.0 cm³/mol. The van der Waals surface area contributed by atoms with Gasteiger partial charge in [0.05, 0.1) is 0 Å². The molecule has 0 aliphatic carbocycles.